The Bertz CT molecular complexity index is 272. The van der Waals surface area contributed by atoms with Gasteiger partial charge in [-0.1, -0.05) is 58.3 Å². The molecule has 21 heavy (non-hydrogen) atoms. The maximum atomic E-state index is 11.7. The Balaban J connectivity index is 0. The van der Waals surface area contributed by atoms with Gasteiger partial charge in [-0.3, -0.25) is 9.59 Å². The molecule has 0 aromatic carbocycles. The van der Waals surface area contributed by atoms with E-state index in [9.17, 15) is 9.59 Å². The first kappa shape index (κ1) is 23.2. The molecule has 0 saturated carbocycles. The first-order chi connectivity index (χ1) is 9.57. The third kappa shape index (κ3) is 16.1. The van der Waals surface area contributed by atoms with Crippen LogP contribution >= 0.6 is 0 Å². The van der Waals surface area contributed by atoms with Crippen molar-refractivity contribution in [1.29, 1.82) is 0 Å². The van der Waals surface area contributed by atoms with Crippen molar-refractivity contribution in [3.63, 3.8) is 0 Å². The van der Waals surface area contributed by atoms with E-state index in [0.29, 0.717) is 13.0 Å². The SMILES string of the molecule is CCCCCCCCCCCC(=O)N(C)CCC(=O)O.[Na]. The minimum Gasteiger partial charge on any atom is -0.481 e. The quantitative estimate of drug-likeness (QED) is 0.419. The molecular formula is C16H31NNaO3. The van der Waals surface area contributed by atoms with Crippen LogP contribution in [0.1, 0.15) is 77.6 Å². The molecule has 0 aliphatic carbocycles. The molecule has 0 unspecified atom stereocenters. The van der Waals surface area contributed by atoms with Crippen LogP contribution in [0.5, 0.6) is 0 Å². The number of nitrogens with zero attached hydrogens (tertiary/aromatic N) is 1. The maximum Gasteiger partial charge on any atom is 0.305 e. The molecule has 0 aromatic rings. The summed E-state index contributed by atoms with van der Waals surface area (Å²) < 4.78 is 0. The van der Waals surface area contributed by atoms with E-state index >= 15 is 0 Å². The van der Waals surface area contributed by atoms with Gasteiger partial charge >= 0.3 is 5.97 Å². The van der Waals surface area contributed by atoms with Crippen molar-refractivity contribution in [3.8, 4) is 0 Å². The van der Waals surface area contributed by atoms with Crippen molar-refractivity contribution < 1.29 is 14.7 Å². The predicted octanol–water partition coefficient (Wildman–Crippen LogP) is 3.46. The minimum absolute atomic E-state index is 0. The van der Waals surface area contributed by atoms with Crippen molar-refractivity contribution in [1.82, 2.24) is 4.90 Å². The molecule has 0 aromatic heterocycles. The first-order valence-electron chi connectivity index (χ1n) is 8.03. The molecule has 119 valence electrons. The number of aliphatic carboxylic acids is 1. The van der Waals surface area contributed by atoms with Gasteiger partial charge in [0.1, 0.15) is 0 Å². The summed E-state index contributed by atoms with van der Waals surface area (Å²) in [4.78, 5) is 23.6. The van der Waals surface area contributed by atoms with Crippen LogP contribution in [0.4, 0.5) is 0 Å². The van der Waals surface area contributed by atoms with Crippen molar-refractivity contribution in [3.05, 3.63) is 0 Å². The van der Waals surface area contributed by atoms with Crippen LogP contribution in [-0.4, -0.2) is 65.0 Å². The largest absolute Gasteiger partial charge is 0.481 e. The number of carboxylic acids is 1. The van der Waals surface area contributed by atoms with Gasteiger partial charge in [-0.2, -0.15) is 0 Å². The van der Waals surface area contributed by atoms with E-state index in [4.69, 9.17) is 5.11 Å². The fraction of sp³-hybridized carbons (Fsp3) is 0.875. The number of hydrogen-bond acceptors (Lipinski definition) is 2. The predicted molar refractivity (Wildman–Crippen MR) is 87.5 cm³/mol. The fourth-order valence-electron chi connectivity index (χ4n) is 2.17. The molecule has 0 aliphatic heterocycles. The van der Waals surface area contributed by atoms with Crippen molar-refractivity contribution in [2.24, 2.45) is 0 Å². The van der Waals surface area contributed by atoms with Crippen LogP contribution in [0, 0.1) is 0 Å². The number of rotatable bonds is 13. The summed E-state index contributed by atoms with van der Waals surface area (Å²) >= 11 is 0. The monoisotopic (exact) mass is 308 g/mol. The van der Waals surface area contributed by atoms with Gasteiger partial charge in [-0.15, -0.1) is 0 Å². The minimum atomic E-state index is -0.854. The van der Waals surface area contributed by atoms with Gasteiger partial charge in [0.05, 0.1) is 6.42 Å². The Morgan fingerprint density at radius 1 is 0.857 bits per heavy atom. The summed E-state index contributed by atoms with van der Waals surface area (Å²) in [5, 5.41) is 8.56. The Labute approximate surface area is 152 Å². The van der Waals surface area contributed by atoms with Crippen molar-refractivity contribution in [2.75, 3.05) is 13.6 Å². The van der Waals surface area contributed by atoms with Crippen LogP contribution in [-0.2, 0) is 9.59 Å². The summed E-state index contributed by atoms with van der Waals surface area (Å²) in [5.41, 5.74) is 0. The molecule has 0 aliphatic rings. The number of amides is 1. The average Bonchev–Trinajstić information content (AvgIpc) is 2.42. The molecule has 1 radical (unpaired) electrons. The number of hydrogen-bond donors (Lipinski definition) is 1. The Morgan fingerprint density at radius 3 is 1.81 bits per heavy atom. The van der Waals surface area contributed by atoms with E-state index in [1.165, 1.54) is 49.8 Å². The second-order valence-corrected chi connectivity index (χ2v) is 5.54. The standard InChI is InChI=1S/C16H31NO3.Na/c1-3-4-5-6-7-8-9-10-11-12-15(18)17(2)14-13-16(19)20;/h3-14H2,1-2H3,(H,19,20);. The molecule has 0 bridgehead atoms. The van der Waals surface area contributed by atoms with E-state index in [2.05, 4.69) is 6.92 Å². The summed E-state index contributed by atoms with van der Waals surface area (Å²) in [6, 6.07) is 0. The van der Waals surface area contributed by atoms with E-state index in [-0.39, 0.29) is 41.9 Å². The Morgan fingerprint density at radius 2 is 1.33 bits per heavy atom. The van der Waals surface area contributed by atoms with E-state index in [1.54, 1.807) is 7.05 Å². The fourth-order valence-corrected chi connectivity index (χ4v) is 2.17. The van der Waals surface area contributed by atoms with E-state index in [0.717, 1.165) is 12.8 Å². The molecule has 0 spiro atoms. The van der Waals surface area contributed by atoms with Gasteiger partial charge in [-0.05, 0) is 6.42 Å². The van der Waals surface area contributed by atoms with Crippen molar-refractivity contribution >= 4 is 41.4 Å². The second kappa shape index (κ2) is 16.3. The first-order valence-corrected chi connectivity index (χ1v) is 8.03. The summed E-state index contributed by atoms with van der Waals surface area (Å²) in [6.07, 6.45) is 11.7. The summed E-state index contributed by atoms with van der Waals surface area (Å²) in [7, 11) is 1.68. The van der Waals surface area contributed by atoms with Gasteiger partial charge in [-0.25, -0.2) is 0 Å². The van der Waals surface area contributed by atoms with E-state index in [1.807, 2.05) is 0 Å². The molecule has 1 N–H and O–H groups in total. The van der Waals surface area contributed by atoms with Gasteiger partial charge in [0, 0.05) is 49.6 Å². The molecule has 0 fully saturated rings. The van der Waals surface area contributed by atoms with Gasteiger partial charge in [0.15, 0.2) is 0 Å². The normalized spacial score (nSPS) is 10.0. The average molecular weight is 308 g/mol. The number of unbranched alkanes of at least 4 members (excludes halogenated alkanes) is 8. The third-order valence-electron chi connectivity index (χ3n) is 3.58. The van der Waals surface area contributed by atoms with Crippen LogP contribution in [0.15, 0.2) is 0 Å². The Hall–Kier alpha value is -0.0600. The third-order valence-corrected chi connectivity index (χ3v) is 3.58. The maximum absolute atomic E-state index is 11.7. The molecule has 1 amide bonds. The second-order valence-electron chi connectivity index (χ2n) is 5.54. The van der Waals surface area contributed by atoms with Crippen LogP contribution < -0.4 is 0 Å². The van der Waals surface area contributed by atoms with Crippen LogP contribution in [0.25, 0.3) is 0 Å². The van der Waals surface area contributed by atoms with Crippen molar-refractivity contribution in [2.45, 2.75) is 77.6 Å². The smallest absolute Gasteiger partial charge is 0.305 e. The van der Waals surface area contributed by atoms with Gasteiger partial charge in [0.2, 0.25) is 5.91 Å². The van der Waals surface area contributed by atoms with Gasteiger partial charge < -0.3 is 10.0 Å². The Kier molecular flexibility index (Phi) is 18.0. The molecule has 0 rings (SSSR count). The molecular weight excluding hydrogens is 277 g/mol. The molecule has 0 saturated heterocycles. The zero-order valence-electron chi connectivity index (χ0n) is 14.2. The van der Waals surface area contributed by atoms with E-state index < -0.39 is 5.97 Å². The van der Waals surface area contributed by atoms with Crippen LogP contribution in [0.2, 0.25) is 0 Å². The molecule has 4 nitrogen and oxygen atoms in total. The molecule has 0 heterocycles. The number of carbonyl (C=O) groups excluding carboxylic acids is 1. The summed E-state index contributed by atoms with van der Waals surface area (Å²) in [6.45, 7) is 2.54. The topological polar surface area (TPSA) is 57.6 Å². The number of carbonyl (C=O) groups is 2. The zero-order chi connectivity index (χ0) is 15.2. The van der Waals surface area contributed by atoms with Crippen LogP contribution in [0.3, 0.4) is 0 Å². The zero-order valence-corrected chi connectivity index (χ0v) is 16.2. The molecule has 0 atom stereocenters. The summed E-state index contributed by atoms with van der Waals surface area (Å²) in [5.74, 6) is -0.790. The molecule has 5 heteroatoms. The number of carboxylic acid groups (broad SMARTS) is 1. The van der Waals surface area contributed by atoms with Gasteiger partial charge in [0.25, 0.3) is 0 Å².